The van der Waals surface area contributed by atoms with Crippen molar-refractivity contribution in [3.63, 3.8) is 0 Å². The zero-order valence-electron chi connectivity index (χ0n) is 15.1. The number of hydrogen-bond acceptors (Lipinski definition) is 4. The number of rotatable bonds is 3. The van der Waals surface area contributed by atoms with Crippen LogP contribution in [0.2, 0.25) is 5.02 Å². The van der Waals surface area contributed by atoms with Crippen LogP contribution in [0.1, 0.15) is 46.5 Å². The van der Waals surface area contributed by atoms with Crippen molar-refractivity contribution in [1.29, 1.82) is 0 Å². The molecule has 1 aromatic rings. The molecular formula is C17H24BrClN4O3. The number of halogens is 2. The van der Waals surface area contributed by atoms with Gasteiger partial charge in [-0.2, -0.15) is 0 Å². The predicted octanol–water partition coefficient (Wildman–Crippen LogP) is 4.45. The van der Waals surface area contributed by atoms with E-state index in [2.05, 4.69) is 36.9 Å². The third kappa shape index (κ3) is 6.99. The Kier molecular flexibility index (Phi) is 7.11. The second-order valence-electron chi connectivity index (χ2n) is 7.28. The van der Waals surface area contributed by atoms with Gasteiger partial charge in [0.15, 0.2) is 0 Å². The summed E-state index contributed by atoms with van der Waals surface area (Å²) in [6, 6.07) is 1.46. The summed E-state index contributed by atoms with van der Waals surface area (Å²) in [4.78, 5) is 28.0. The van der Waals surface area contributed by atoms with Gasteiger partial charge in [-0.1, -0.05) is 11.6 Å². The number of alkyl carbamates (subject to hydrolysis) is 1. The highest BCUT2D eigenvalue weighted by Crippen LogP contribution is 2.23. The van der Waals surface area contributed by atoms with Crippen LogP contribution < -0.4 is 16.0 Å². The lowest BCUT2D eigenvalue weighted by atomic mass is 9.91. The van der Waals surface area contributed by atoms with Gasteiger partial charge in [-0.15, -0.1) is 0 Å². The van der Waals surface area contributed by atoms with Gasteiger partial charge in [0.2, 0.25) is 0 Å². The molecule has 0 radical (unpaired) electrons. The summed E-state index contributed by atoms with van der Waals surface area (Å²) in [6.45, 7) is 5.50. The van der Waals surface area contributed by atoms with E-state index in [4.69, 9.17) is 16.3 Å². The maximum absolute atomic E-state index is 12.1. The van der Waals surface area contributed by atoms with Gasteiger partial charge >= 0.3 is 12.1 Å². The Balaban J connectivity index is 1.73. The SMILES string of the molecule is CC(C)(C)OC(=O)NC1CCC(NC(=O)Nc2cc(Br)c(Cl)cn2)CC1. The zero-order valence-corrected chi connectivity index (χ0v) is 17.4. The monoisotopic (exact) mass is 446 g/mol. The molecule has 0 spiro atoms. The van der Waals surface area contributed by atoms with Gasteiger partial charge in [0.05, 0.1) is 5.02 Å². The van der Waals surface area contributed by atoms with Gasteiger partial charge in [-0.3, -0.25) is 5.32 Å². The molecule has 3 N–H and O–H groups in total. The van der Waals surface area contributed by atoms with Crippen molar-refractivity contribution >= 4 is 45.5 Å². The van der Waals surface area contributed by atoms with Crippen LogP contribution >= 0.6 is 27.5 Å². The summed E-state index contributed by atoms with van der Waals surface area (Å²) < 4.78 is 5.93. The van der Waals surface area contributed by atoms with E-state index in [0.29, 0.717) is 15.3 Å². The Hall–Kier alpha value is -1.54. The van der Waals surface area contributed by atoms with E-state index < -0.39 is 11.7 Å². The summed E-state index contributed by atoms with van der Waals surface area (Å²) in [5, 5.41) is 8.98. The average Bonchev–Trinajstić information content (AvgIpc) is 2.51. The van der Waals surface area contributed by atoms with Crippen molar-refractivity contribution in [3.8, 4) is 0 Å². The van der Waals surface area contributed by atoms with E-state index in [1.54, 1.807) is 6.07 Å². The number of urea groups is 1. The summed E-state index contributed by atoms with van der Waals surface area (Å²) in [7, 11) is 0. The number of carbonyl (C=O) groups is 2. The molecule has 1 aliphatic carbocycles. The first kappa shape index (κ1) is 20.8. The Labute approximate surface area is 166 Å². The van der Waals surface area contributed by atoms with Crippen LogP contribution in [0, 0.1) is 0 Å². The number of nitrogens with one attached hydrogen (secondary N) is 3. The van der Waals surface area contributed by atoms with Crippen LogP contribution in [-0.4, -0.2) is 34.8 Å². The van der Waals surface area contributed by atoms with Crippen molar-refractivity contribution in [2.24, 2.45) is 0 Å². The Bertz CT molecular complexity index is 658. The Morgan fingerprint density at radius 3 is 2.31 bits per heavy atom. The molecule has 1 aromatic heterocycles. The van der Waals surface area contributed by atoms with Gasteiger partial charge in [0, 0.05) is 22.8 Å². The van der Waals surface area contributed by atoms with Crippen molar-refractivity contribution in [3.05, 3.63) is 21.8 Å². The molecule has 26 heavy (non-hydrogen) atoms. The molecule has 1 aliphatic rings. The highest BCUT2D eigenvalue weighted by molar-refractivity contribution is 9.10. The second kappa shape index (κ2) is 8.90. The molecule has 0 unspecified atom stereocenters. The number of anilines is 1. The zero-order chi connectivity index (χ0) is 19.3. The molecule has 1 saturated carbocycles. The molecule has 9 heteroatoms. The molecule has 144 valence electrons. The second-order valence-corrected chi connectivity index (χ2v) is 8.54. The molecule has 0 bridgehead atoms. The quantitative estimate of drug-likeness (QED) is 0.638. The fraction of sp³-hybridized carbons (Fsp3) is 0.588. The first-order valence-electron chi connectivity index (χ1n) is 8.50. The largest absolute Gasteiger partial charge is 0.444 e. The highest BCUT2D eigenvalue weighted by Gasteiger charge is 2.25. The minimum absolute atomic E-state index is 0.0578. The molecule has 7 nitrogen and oxygen atoms in total. The van der Waals surface area contributed by atoms with Gasteiger partial charge in [0.1, 0.15) is 11.4 Å². The summed E-state index contributed by atoms with van der Waals surface area (Å²) >= 11 is 9.17. The van der Waals surface area contributed by atoms with Gasteiger partial charge < -0.3 is 15.4 Å². The normalized spacial score (nSPS) is 20.2. The minimum atomic E-state index is -0.508. The highest BCUT2D eigenvalue weighted by atomic mass is 79.9. The Morgan fingerprint density at radius 2 is 1.77 bits per heavy atom. The van der Waals surface area contributed by atoms with Crippen molar-refractivity contribution in [2.45, 2.75) is 64.1 Å². The lowest BCUT2D eigenvalue weighted by molar-refractivity contribution is 0.0490. The van der Waals surface area contributed by atoms with E-state index in [9.17, 15) is 9.59 Å². The van der Waals surface area contributed by atoms with Crippen molar-refractivity contribution < 1.29 is 14.3 Å². The predicted molar refractivity (Wildman–Crippen MR) is 105 cm³/mol. The van der Waals surface area contributed by atoms with E-state index in [0.717, 1.165) is 25.7 Å². The summed E-state index contributed by atoms with van der Waals surface area (Å²) in [5.74, 6) is 0.416. The standard InChI is InChI=1S/C17H24BrClN4O3/c1-17(2,3)26-16(25)22-11-6-4-10(5-7-11)21-15(24)23-14-8-12(18)13(19)9-20-14/h8-11H,4-7H2,1-3H3,(H,22,25)(H2,20,21,23,24). The molecule has 0 aromatic carbocycles. The maximum atomic E-state index is 12.1. The number of aromatic nitrogens is 1. The summed E-state index contributed by atoms with van der Waals surface area (Å²) in [5.41, 5.74) is -0.508. The van der Waals surface area contributed by atoms with Crippen LogP contribution in [0.15, 0.2) is 16.7 Å². The van der Waals surface area contributed by atoms with Crippen LogP contribution in [0.5, 0.6) is 0 Å². The molecule has 3 amide bonds. The smallest absolute Gasteiger partial charge is 0.407 e. The third-order valence-electron chi connectivity index (χ3n) is 3.83. The molecule has 2 rings (SSSR count). The van der Waals surface area contributed by atoms with E-state index >= 15 is 0 Å². The lowest BCUT2D eigenvalue weighted by Crippen LogP contribution is -2.46. The minimum Gasteiger partial charge on any atom is -0.444 e. The topological polar surface area (TPSA) is 92.4 Å². The third-order valence-corrected chi connectivity index (χ3v) is 5.02. The van der Waals surface area contributed by atoms with Crippen LogP contribution in [0.4, 0.5) is 15.4 Å². The summed E-state index contributed by atoms with van der Waals surface area (Å²) in [6.07, 6.45) is 4.21. The average molecular weight is 448 g/mol. The lowest BCUT2D eigenvalue weighted by Gasteiger charge is -2.30. The van der Waals surface area contributed by atoms with Crippen LogP contribution in [-0.2, 0) is 4.74 Å². The first-order chi connectivity index (χ1) is 12.1. The fourth-order valence-corrected chi connectivity index (χ4v) is 3.10. The maximum Gasteiger partial charge on any atom is 0.407 e. The van der Waals surface area contributed by atoms with Crippen molar-refractivity contribution in [1.82, 2.24) is 15.6 Å². The Morgan fingerprint density at radius 1 is 1.19 bits per heavy atom. The van der Waals surface area contributed by atoms with Gasteiger partial charge in [-0.05, 0) is 68.5 Å². The first-order valence-corrected chi connectivity index (χ1v) is 9.67. The van der Waals surface area contributed by atoms with E-state index in [-0.39, 0.29) is 18.1 Å². The van der Waals surface area contributed by atoms with Gasteiger partial charge in [0.25, 0.3) is 0 Å². The molecule has 1 heterocycles. The molecule has 0 aliphatic heterocycles. The number of pyridine rings is 1. The van der Waals surface area contributed by atoms with Gasteiger partial charge in [-0.25, -0.2) is 14.6 Å². The molecular weight excluding hydrogens is 424 g/mol. The van der Waals surface area contributed by atoms with Crippen LogP contribution in [0.3, 0.4) is 0 Å². The molecule has 0 atom stereocenters. The number of nitrogens with zero attached hydrogens (tertiary/aromatic N) is 1. The number of carbonyl (C=O) groups excluding carboxylic acids is 2. The van der Waals surface area contributed by atoms with E-state index in [1.807, 2.05) is 20.8 Å². The van der Waals surface area contributed by atoms with Crippen molar-refractivity contribution in [2.75, 3.05) is 5.32 Å². The fourth-order valence-electron chi connectivity index (χ4n) is 2.68. The van der Waals surface area contributed by atoms with Crippen LogP contribution in [0.25, 0.3) is 0 Å². The molecule has 1 fully saturated rings. The number of hydrogen-bond donors (Lipinski definition) is 3. The van der Waals surface area contributed by atoms with E-state index in [1.165, 1.54) is 6.20 Å². The number of amides is 3. The molecule has 0 saturated heterocycles. The number of ether oxygens (including phenoxy) is 1.